The van der Waals surface area contributed by atoms with Crippen LogP contribution in [0.1, 0.15) is 0 Å². The highest BCUT2D eigenvalue weighted by Gasteiger charge is 2.29. The molecule has 0 bridgehead atoms. The van der Waals surface area contributed by atoms with Gasteiger partial charge >= 0.3 is 0 Å². The zero-order chi connectivity index (χ0) is 21.5. The van der Waals surface area contributed by atoms with Crippen LogP contribution in [0.25, 0.3) is 77.3 Å². The second-order valence-corrected chi connectivity index (χ2v) is 8.60. The molecule has 0 atom stereocenters. The van der Waals surface area contributed by atoms with Crippen LogP contribution < -0.4 is 0 Å². The summed E-state index contributed by atoms with van der Waals surface area (Å²) < 4.78 is 6.37. The van der Waals surface area contributed by atoms with Gasteiger partial charge in [-0.1, -0.05) is 66.7 Å². The van der Waals surface area contributed by atoms with E-state index in [2.05, 4.69) is 54.6 Å². The minimum absolute atomic E-state index is 0.868. The Morgan fingerprint density at radius 1 is 0.576 bits per heavy atom. The molecule has 0 unspecified atom stereocenters. The molecule has 0 aliphatic heterocycles. The molecule has 0 radical (unpaired) electrons. The molecular formula is C30H16N2O. The van der Waals surface area contributed by atoms with Crippen LogP contribution >= 0.6 is 0 Å². The summed E-state index contributed by atoms with van der Waals surface area (Å²) in [6.07, 6.45) is 1.91. The van der Waals surface area contributed by atoms with Gasteiger partial charge in [0.15, 0.2) is 0 Å². The van der Waals surface area contributed by atoms with Gasteiger partial charge in [0.25, 0.3) is 0 Å². The normalized spacial score (nSPS) is 12.2. The van der Waals surface area contributed by atoms with Crippen LogP contribution in [0.5, 0.6) is 0 Å². The third-order valence-electron chi connectivity index (χ3n) is 6.84. The molecule has 152 valence electrons. The second-order valence-electron chi connectivity index (χ2n) is 8.60. The molecule has 5 aromatic carbocycles. The molecule has 0 amide bonds. The van der Waals surface area contributed by atoms with E-state index in [0.29, 0.717) is 0 Å². The number of para-hydroxylation sites is 3. The second kappa shape index (κ2) is 6.05. The molecule has 2 heterocycles. The van der Waals surface area contributed by atoms with E-state index in [1.807, 2.05) is 42.6 Å². The quantitative estimate of drug-likeness (QED) is 0.270. The predicted octanol–water partition coefficient (Wildman–Crippen LogP) is 8.00. The van der Waals surface area contributed by atoms with Crippen molar-refractivity contribution in [2.75, 3.05) is 0 Å². The number of nitrogens with zero attached hydrogens (tertiary/aromatic N) is 2. The van der Waals surface area contributed by atoms with E-state index in [9.17, 15) is 0 Å². The van der Waals surface area contributed by atoms with Crippen molar-refractivity contribution in [1.82, 2.24) is 9.97 Å². The lowest BCUT2D eigenvalue weighted by Gasteiger charge is -2.12. The Hall–Kier alpha value is -4.50. The maximum atomic E-state index is 6.37. The summed E-state index contributed by atoms with van der Waals surface area (Å²) in [7, 11) is 0. The van der Waals surface area contributed by atoms with E-state index in [4.69, 9.17) is 14.4 Å². The third-order valence-corrected chi connectivity index (χ3v) is 6.84. The van der Waals surface area contributed by atoms with E-state index in [-0.39, 0.29) is 0 Å². The van der Waals surface area contributed by atoms with Gasteiger partial charge in [0.1, 0.15) is 11.2 Å². The highest BCUT2D eigenvalue weighted by atomic mass is 16.3. The molecule has 3 heteroatoms. The monoisotopic (exact) mass is 420 g/mol. The van der Waals surface area contributed by atoms with E-state index >= 15 is 0 Å². The maximum absolute atomic E-state index is 6.37. The van der Waals surface area contributed by atoms with Gasteiger partial charge in [-0.25, -0.2) is 4.98 Å². The van der Waals surface area contributed by atoms with Crippen LogP contribution in [0.4, 0.5) is 0 Å². The number of aromatic nitrogens is 2. The summed E-state index contributed by atoms with van der Waals surface area (Å²) in [5, 5.41) is 4.74. The fourth-order valence-electron chi connectivity index (χ4n) is 5.49. The van der Waals surface area contributed by atoms with Gasteiger partial charge in [0.05, 0.1) is 22.9 Å². The lowest BCUT2D eigenvalue weighted by molar-refractivity contribution is 0.669. The smallest absolute Gasteiger partial charge is 0.136 e. The standard InChI is InChI=1S/C30H16N2O/c1-4-14-25-19(9-1)29-26(33-25)15-21-18-10-5-7-17-8-6-11-20(27(17)18)28(21)30(29)24-16-31-22-12-2-3-13-23(22)32-24/h1-16H. The Kier molecular flexibility index (Phi) is 3.14. The number of rotatable bonds is 1. The average molecular weight is 420 g/mol. The Morgan fingerprint density at radius 2 is 1.36 bits per heavy atom. The van der Waals surface area contributed by atoms with E-state index < -0.39 is 0 Å². The van der Waals surface area contributed by atoms with Crippen molar-refractivity contribution in [3.63, 3.8) is 0 Å². The van der Waals surface area contributed by atoms with Crippen molar-refractivity contribution in [2.45, 2.75) is 0 Å². The highest BCUT2D eigenvalue weighted by Crippen LogP contribution is 2.54. The lowest BCUT2D eigenvalue weighted by atomic mass is 9.92. The summed E-state index contributed by atoms with van der Waals surface area (Å²) >= 11 is 0. The summed E-state index contributed by atoms with van der Waals surface area (Å²) in [6, 6.07) is 31.6. The van der Waals surface area contributed by atoms with Crippen molar-refractivity contribution in [3.05, 3.63) is 97.2 Å². The first kappa shape index (κ1) is 17.1. The predicted molar refractivity (Wildman–Crippen MR) is 134 cm³/mol. The summed E-state index contributed by atoms with van der Waals surface area (Å²) in [5.41, 5.74) is 10.4. The van der Waals surface area contributed by atoms with Gasteiger partial charge in [-0.2, -0.15) is 0 Å². The SMILES string of the molecule is c1cc2c3c(cccc3c1)-c1c-2cc2oc3ccccc3c2c1-c1cnc2ccccc2n1. The topological polar surface area (TPSA) is 38.9 Å². The molecule has 0 saturated carbocycles. The van der Waals surface area contributed by atoms with E-state index in [1.54, 1.807) is 0 Å². The van der Waals surface area contributed by atoms with Gasteiger partial charge in [-0.3, -0.25) is 4.98 Å². The first-order valence-corrected chi connectivity index (χ1v) is 11.1. The van der Waals surface area contributed by atoms with Crippen LogP contribution in [0.2, 0.25) is 0 Å². The fourth-order valence-corrected chi connectivity index (χ4v) is 5.49. The van der Waals surface area contributed by atoms with Gasteiger partial charge in [0.2, 0.25) is 0 Å². The molecule has 0 saturated heterocycles. The molecule has 1 aliphatic rings. The van der Waals surface area contributed by atoms with Crippen LogP contribution in [-0.2, 0) is 0 Å². The van der Waals surface area contributed by atoms with Crippen LogP contribution in [0.15, 0.2) is 102 Å². The lowest BCUT2D eigenvalue weighted by Crippen LogP contribution is -1.92. The Balaban J connectivity index is 1.61. The van der Waals surface area contributed by atoms with Crippen molar-refractivity contribution in [1.29, 1.82) is 0 Å². The Bertz CT molecular complexity index is 1920. The molecular weight excluding hydrogens is 404 g/mol. The van der Waals surface area contributed by atoms with Crippen LogP contribution in [-0.4, -0.2) is 9.97 Å². The first-order valence-electron chi connectivity index (χ1n) is 11.1. The van der Waals surface area contributed by atoms with Gasteiger partial charge in [0, 0.05) is 21.9 Å². The first-order chi connectivity index (χ1) is 16.4. The molecule has 3 nitrogen and oxygen atoms in total. The van der Waals surface area contributed by atoms with Crippen molar-refractivity contribution < 1.29 is 4.42 Å². The molecule has 33 heavy (non-hydrogen) atoms. The van der Waals surface area contributed by atoms with Crippen molar-refractivity contribution in [2.24, 2.45) is 0 Å². The summed E-state index contributed by atoms with van der Waals surface area (Å²) in [4.78, 5) is 9.84. The van der Waals surface area contributed by atoms with Crippen molar-refractivity contribution >= 4 is 43.7 Å². The largest absolute Gasteiger partial charge is 0.456 e. The Labute approximate surface area is 189 Å². The fraction of sp³-hybridized carbons (Fsp3) is 0. The minimum Gasteiger partial charge on any atom is -0.456 e. The number of fused-ring (bicyclic) bond motifs is 7. The van der Waals surface area contributed by atoms with Crippen LogP contribution in [0.3, 0.4) is 0 Å². The molecule has 1 aliphatic carbocycles. The van der Waals surface area contributed by atoms with Gasteiger partial charge in [-0.05, 0) is 51.7 Å². The van der Waals surface area contributed by atoms with Crippen LogP contribution in [0, 0.1) is 0 Å². The molecule has 0 N–H and O–H groups in total. The molecule has 2 aromatic heterocycles. The number of benzene rings is 5. The number of hydrogen-bond acceptors (Lipinski definition) is 3. The number of hydrogen-bond donors (Lipinski definition) is 0. The van der Waals surface area contributed by atoms with Crippen molar-refractivity contribution in [3.8, 4) is 33.5 Å². The zero-order valence-corrected chi connectivity index (χ0v) is 17.5. The Morgan fingerprint density at radius 3 is 2.27 bits per heavy atom. The molecule has 0 fully saturated rings. The number of furan rings is 1. The molecule has 0 spiro atoms. The summed E-state index contributed by atoms with van der Waals surface area (Å²) in [5.74, 6) is 0. The summed E-state index contributed by atoms with van der Waals surface area (Å²) in [6.45, 7) is 0. The maximum Gasteiger partial charge on any atom is 0.136 e. The zero-order valence-electron chi connectivity index (χ0n) is 17.5. The van der Waals surface area contributed by atoms with E-state index in [1.165, 1.54) is 33.0 Å². The van der Waals surface area contributed by atoms with Gasteiger partial charge < -0.3 is 4.42 Å². The molecule has 7 aromatic rings. The van der Waals surface area contributed by atoms with Gasteiger partial charge in [-0.15, -0.1) is 0 Å². The molecule has 8 rings (SSSR count). The highest BCUT2D eigenvalue weighted by molar-refractivity contribution is 6.25. The third kappa shape index (κ3) is 2.18. The minimum atomic E-state index is 0.868. The van der Waals surface area contributed by atoms with E-state index in [0.717, 1.165) is 44.2 Å². The average Bonchev–Trinajstić information content (AvgIpc) is 3.40.